The third-order valence-electron chi connectivity index (χ3n) is 6.65. The molecular formula is C32H47N3O4S. The van der Waals surface area contributed by atoms with Crippen molar-refractivity contribution in [2.45, 2.75) is 98.3 Å². The van der Waals surface area contributed by atoms with Crippen molar-refractivity contribution in [3.05, 3.63) is 64.7 Å². The van der Waals surface area contributed by atoms with Gasteiger partial charge in [-0.05, 0) is 70.7 Å². The lowest BCUT2D eigenvalue weighted by molar-refractivity contribution is -0.140. The first-order chi connectivity index (χ1) is 18.9. The molecule has 2 unspecified atom stereocenters. The zero-order valence-electron chi connectivity index (χ0n) is 25.2. The number of para-hydroxylation sites is 1. The molecule has 2 atom stereocenters. The van der Waals surface area contributed by atoms with E-state index in [0.29, 0.717) is 12.2 Å². The molecule has 40 heavy (non-hydrogen) atoms. The van der Waals surface area contributed by atoms with Crippen molar-refractivity contribution in [1.82, 2.24) is 10.2 Å². The van der Waals surface area contributed by atoms with Crippen LogP contribution in [0, 0.1) is 20.8 Å². The number of rotatable bonds is 13. The summed E-state index contributed by atoms with van der Waals surface area (Å²) in [5.74, 6) is -0.620. The minimum Gasteiger partial charge on any atom is -0.444 e. The van der Waals surface area contributed by atoms with Gasteiger partial charge < -0.3 is 20.3 Å². The molecule has 2 rings (SSSR count). The highest BCUT2D eigenvalue weighted by Crippen LogP contribution is 2.29. The molecule has 0 heterocycles. The highest BCUT2D eigenvalue weighted by Gasteiger charge is 2.36. The average molecular weight is 570 g/mol. The monoisotopic (exact) mass is 569 g/mol. The van der Waals surface area contributed by atoms with Gasteiger partial charge in [0.2, 0.25) is 5.91 Å². The van der Waals surface area contributed by atoms with Crippen molar-refractivity contribution in [2.24, 2.45) is 0 Å². The van der Waals surface area contributed by atoms with E-state index in [2.05, 4.69) is 30.2 Å². The molecule has 0 saturated carbocycles. The van der Waals surface area contributed by atoms with Gasteiger partial charge in [-0.15, -0.1) is 0 Å². The van der Waals surface area contributed by atoms with Gasteiger partial charge in [0.1, 0.15) is 17.7 Å². The Hall–Kier alpha value is -3.00. The fourth-order valence-corrected chi connectivity index (χ4v) is 4.75. The zero-order valence-corrected chi connectivity index (χ0v) is 26.1. The molecule has 0 aromatic heterocycles. The number of carbonyl (C=O) groups is 3. The van der Waals surface area contributed by atoms with Gasteiger partial charge in [0.15, 0.2) is 0 Å². The highest BCUT2D eigenvalue weighted by molar-refractivity contribution is 7.80. The number of carbonyl (C=O) groups excluding carboxylic acids is 3. The van der Waals surface area contributed by atoms with Crippen molar-refractivity contribution in [3.63, 3.8) is 0 Å². The molecule has 8 heteroatoms. The number of hydrogen-bond donors (Lipinski definition) is 3. The predicted molar refractivity (Wildman–Crippen MR) is 166 cm³/mol. The molecule has 2 aromatic carbocycles. The van der Waals surface area contributed by atoms with Crippen LogP contribution in [-0.2, 0) is 14.3 Å². The second-order valence-electron chi connectivity index (χ2n) is 11.4. The van der Waals surface area contributed by atoms with Crippen LogP contribution in [0.15, 0.2) is 42.5 Å². The lowest BCUT2D eigenvalue weighted by atomic mass is 9.95. The molecule has 7 nitrogen and oxygen atoms in total. The van der Waals surface area contributed by atoms with Crippen LogP contribution in [0.3, 0.4) is 0 Å². The van der Waals surface area contributed by atoms with Crippen molar-refractivity contribution >= 4 is 36.2 Å². The number of nitrogens with zero attached hydrogens (tertiary/aromatic N) is 1. The summed E-state index contributed by atoms with van der Waals surface area (Å²) in [6, 6.07) is 11.6. The summed E-state index contributed by atoms with van der Waals surface area (Å²) < 4.78 is 5.41. The lowest BCUT2D eigenvalue weighted by Crippen LogP contribution is -2.53. The molecule has 2 aromatic rings. The van der Waals surface area contributed by atoms with Crippen molar-refractivity contribution in [3.8, 4) is 0 Å². The van der Waals surface area contributed by atoms with Crippen molar-refractivity contribution in [2.75, 3.05) is 17.6 Å². The summed E-state index contributed by atoms with van der Waals surface area (Å²) in [4.78, 5) is 42.5. The normalized spacial score (nSPS) is 12.8. The molecule has 0 saturated heterocycles. The molecule has 0 fully saturated rings. The van der Waals surface area contributed by atoms with E-state index in [-0.39, 0.29) is 17.6 Å². The van der Waals surface area contributed by atoms with Gasteiger partial charge in [0, 0.05) is 18.0 Å². The Morgan fingerprint density at radius 2 is 1.62 bits per heavy atom. The smallest absolute Gasteiger partial charge is 0.408 e. The number of benzene rings is 2. The summed E-state index contributed by atoms with van der Waals surface area (Å²) in [7, 11) is 0. The molecule has 0 aliphatic rings. The highest BCUT2D eigenvalue weighted by atomic mass is 32.1. The topological polar surface area (TPSA) is 87.7 Å². The van der Waals surface area contributed by atoms with E-state index < -0.39 is 23.8 Å². The van der Waals surface area contributed by atoms with Crippen LogP contribution in [0.4, 0.5) is 10.5 Å². The molecule has 0 radical (unpaired) electrons. The molecule has 0 bridgehead atoms. The van der Waals surface area contributed by atoms with Crippen LogP contribution in [0.25, 0.3) is 0 Å². The quantitative estimate of drug-likeness (QED) is 0.181. The Kier molecular flexibility index (Phi) is 13.0. The van der Waals surface area contributed by atoms with E-state index in [1.807, 2.05) is 63.2 Å². The first-order valence-corrected chi connectivity index (χ1v) is 14.9. The standard InChI is InChI=1S/C32H47N3O4S/c1-8-9-10-11-14-19-35(30(37)27(21-40)34-31(38)39-32(5,6)7)28(25-20-22(2)17-18-23(25)3)29(36)33-26-16-13-12-15-24(26)4/h12-13,15-18,20,27-28,40H,8-11,14,19,21H2,1-7H3,(H,33,36)(H,34,38). The molecule has 3 amide bonds. The van der Waals surface area contributed by atoms with Crippen LogP contribution >= 0.6 is 12.6 Å². The summed E-state index contributed by atoms with van der Waals surface area (Å²) in [6.45, 7) is 13.7. The number of amides is 3. The fourth-order valence-electron chi connectivity index (χ4n) is 4.51. The van der Waals surface area contributed by atoms with Gasteiger partial charge in [-0.3, -0.25) is 9.59 Å². The van der Waals surface area contributed by atoms with E-state index in [1.54, 1.807) is 25.7 Å². The van der Waals surface area contributed by atoms with Crippen LogP contribution < -0.4 is 10.6 Å². The maximum Gasteiger partial charge on any atom is 0.408 e. The molecular weight excluding hydrogens is 522 g/mol. The SMILES string of the molecule is CCCCCCCN(C(=O)C(CS)NC(=O)OC(C)(C)C)C(C(=O)Nc1ccccc1C)c1cc(C)ccc1C. The van der Waals surface area contributed by atoms with E-state index in [0.717, 1.165) is 54.4 Å². The van der Waals surface area contributed by atoms with Gasteiger partial charge in [-0.25, -0.2) is 4.79 Å². The molecule has 0 spiro atoms. The Balaban J connectivity index is 2.53. The van der Waals surface area contributed by atoms with Gasteiger partial charge >= 0.3 is 6.09 Å². The number of nitrogens with one attached hydrogen (secondary N) is 2. The summed E-state index contributed by atoms with van der Waals surface area (Å²) >= 11 is 4.39. The number of thiol groups is 1. The third-order valence-corrected chi connectivity index (χ3v) is 7.01. The summed E-state index contributed by atoms with van der Waals surface area (Å²) in [6.07, 6.45) is 4.23. The number of anilines is 1. The van der Waals surface area contributed by atoms with Gasteiger partial charge in [-0.1, -0.05) is 74.6 Å². The van der Waals surface area contributed by atoms with Crippen LogP contribution in [0.2, 0.25) is 0 Å². The maximum absolute atomic E-state index is 14.2. The van der Waals surface area contributed by atoms with E-state index >= 15 is 0 Å². The Bertz CT molecular complexity index is 1150. The maximum atomic E-state index is 14.2. The second-order valence-corrected chi connectivity index (χ2v) is 11.8. The number of ether oxygens (including phenoxy) is 1. The number of alkyl carbamates (subject to hydrolysis) is 1. The largest absolute Gasteiger partial charge is 0.444 e. The van der Waals surface area contributed by atoms with Crippen LogP contribution in [0.1, 0.15) is 88.1 Å². The molecule has 2 N–H and O–H groups in total. The fraction of sp³-hybridized carbons (Fsp3) is 0.531. The van der Waals surface area contributed by atoms with E-state index in [9.17, 15) is 14.4 Å². The van der Waals surface area contributed by atoms with Crippen molar-refractivity contribution in [1.29, 1.82) is 0 Å². The first kappa shape index (κ1) is 33.2. The van der Waals surface area contributed by atoms with Gasteiger partial charge in [0.25, 0.3) is 5.91 Å². The van der Waals surface area contributed by atoms with Crippen molar-refractivity contribution < 1.29 is 19.1 Å². The Morgan fingerprint density at radius 1 is 0.950 bits per heavy atom. The first-order valence-electron chi connectivity index (χ1n) is 14.2. The Labute approximate surface area is 245 Å². The zero-order chi connectivity index (χ0) is 29.9. The minimum atomic E-state index is -0.965. The minimum absolute atomic E-state index is 0.0589. The van der Waals surface area contributed by atoms with Crippen LogP contribution in [0.5, 0.6) is 0 Å². The average Bonchev–Trinajstić information content (AvgIpc) is 2.88. The lowest BCUT2D eigenvalue weighted by Gasteiger charge is -2.35. The molecule has 220 valence electrons. The number of hydrogen-bond acceptors (Lipinski definition) is 5. The van der Waals surface area contributed by atoms with Crippen LogP contribution in [-0.4, -0.2) is 46.7 Å². The second kappa shape index (κ2) is 15.7. The third kappa shape index (κ3) is 10.2. The summed E-state index contributed by atoms with van der Waals surface area (Å²) in [5.41, 5.74) is 3.54. The van der Waals surface area contributed by atoms with E-state index in [4.69, 9.17) is 4.74 Å². The molecule has 0 aliphatic carbocycles. The predicted octanol–water partition coefficient (Wildman–Crippen LogP) is 6.91. The number of aryl methyl sites for hydroxylation is 3. The number of unbranched alkanes of at least 4 members (excludes halogenated alkanes) is 4. The van der Waals surface area contributed by atoms with E-state index in [1.165, 1.54) is 0 Å². The molecule has 0 aliphatic heterocycles. The summed E-state index contributed by atoms with van der Waals surface area (Å²) in [5, 5.41) is 5.75. The van der Waals surface area contributed by atoms with Gasteiger partial charge in [-0.2, -0.15) is 12.6 Å². The Morgan fingerprint density at radius 3 is 2.25 bits per heavy atom. The van der Waals surface area contributed by atoms with Gasteiger partial charge in [0.05, 0.1) is 0 Å².